The molecule has 0 heterocycles. The first kappa shape index (κ1) is 15.7. The Hall–Kier alpha value is -0.670. The SMILES string of the molecule is CCNC(/C1=C/CCCCCC1)c1cccc(F)c1Br. The lowest BCUT2D eigenvalue weighted by Crippen LogP contribution is -2.24. The van der Waals surface area contributed by atoms with Crippen LogP contribution in [0.1, 0.15) is 57.1 Å². The van der Waals surface area contributed by atoms with Crippen LogP contribution in [0, 0.1) is 5.82 Å². The molecule has 1 N–H and O–H groups in total. The second-order valence-electron chi connectivity index (χ2n) is 5.37. The molecule has 1 aromatic rings. The maximum absolute atomic E-state index is 13.8. The van der Waals surface area contributed by atoms with Gasteiger partial charge in [-0.3, -0.25) is 0 Å². The largest absolute Gasteiger partial charge is 0.307 e. The summed E-state index contributed by atoms with van der Waals surface area (Å²) in [5, 5.41) is 3.52. The van der Waals surface area contributed by atoms with E-state index in [1.165, 1.54) is 37.3 Å². The average Bonchev–Trinajstić information content (AvgIpc) is 2.40. The van der Waals surface area contributed by atoms with Crippen LogP contribution in [0.25, 0.3) is 0 Å². The molecule has 110 valence electrons. The topological polar surface area (TPSA) is 12.0 Å². The van der Waals surface area contributed by atoms with Crippen LogP contribution < -0.4 is 5.32 Å². The highest BCUT2D eigenvalue weighted by Crippen LogP contribution is 2.33. The van der Waals surface area contributed by atoms with E-state index in [0.29, 0.717) is 4.47 Å². The van der Waals surface area contributed by atoms with Gasteiger partial charge in [0.15, 0.2) is 0 Å². The van der Waals surface area contributed by atoms with E-state index >= 15 is 0 Å². The monoisotopic (exact) mass is 339 g/mol. The predicted molar refractivity (Wildman–Crippen MR) is 86.3 cm³/mol. The van der Waals surface area contributed by atoms with Gasteiger partial charge in [0.05, 0.1) is 10.5 Å². The number of rotatable bonds is 4. The van der Waals surface area contributed by atoms with Crippen LogP contribution >= 0.6 is 15.9 Å². The van der Waals surface area contributed by atoms with Crippen LogP contribution in [0.4, 0.5) is 4.39 Å². The molecular weight excluding hydrogens is 317 g/mol. The van der Waals surface area contributed by atoms with Gasteiger partial charge in [0.25, 0.3) is 0 Å². The van der Waals surface area contributed by atoms with Gasteiger partial charge in [-0.2, -0.15) is 0 Å². The van der Waals surface area contributed by atoms with Gasteiger partial charge in [0.2, 0.25) is 0 Å². The number of halogens is 2. The molecule has 0 aromatic heterocycles. The molecule has 3 heteroatoms. The molecule has 0 spiro atoms. The highest BCUT2D eigenvalue weighted by atomic mass is 79.9. The second kappa shape index (κ2) is 7.94. The van der Waals surface area contributed by atoms with Crippen molar-refractivity contribution < 1.29 is 4.39 Å². The highest BCUT2D eigenvalue weighted by Gasteiger charge is 2.20. The van der Waals surface area contributed by atoms with Crippen LogP contribution in [0.2, 0.25) is 0 Å². The highest BCUT2D eigenvalue weighted by molar-refractivity contribution is 9.10. The minimum atomic E-state index is -0.183. The summed E-state index contributed by atoms with van der Waals surface area (Å²) in [5.74, 6) is -0.183. The molecule has 1 aliphatic rings. The predicted octanol–water partition coefficient (Wildman–Crippen LogP) is 5.52. The Kier molecular flexibility index (Phi) is 6.24. The zero-order valence-electron chi connectivity index (χ0n) is 12.1. The molecule has 1 aromatic carbocycles. The van der Waals surface area contributed by atoms with E-state index in [2.05, 4.69) is 34.2 Å². The number of hydrogen-bond donors (Lipinski definition) is 1. The smallest absolute Gasteiger partial charge is 0.137 e. The van der Waals surface area contributed by atoms with Gasteiger partial charge in [-0.15, -0.1) is 0 Å². The lowest BCUT2D eigenvalue weighted by Gasteiger charge is -2.24. The third kappa shape index (κ3) is 3.92. The molecule has 1 atom stereocenters. The van der Waals surface area contributed by atoms with Crippen molar-refractivity contribution in [1.29, 1.82) is 0 Å². The van der Waals surface area contributed by atoms with Gasteiger partial charge in [0, 0.05) is 0 Å². The molecule has 0 fully saturated rings. The van der Waals surface area contributed by atoms with E-state index in [0.717, 1.165) is 24.9 Å². The van der Waals surface area contributed by atoms with Gasteiger partial charge in [0.1, 0.15) is 5.82 Å². The summed E-state index contributed by atoms with van der Waals surface area (Å²) >= 11 is 3.41. The van der Waals surface area contributed by atoms with E-state index in [1.807, 2.05) is 6.07 Å². The molecule has 0 radical (unpaired) electrons. The van der Waals surface area contributed by atoms with E-state index in [-0.39, 0.29) is 11.9 Å². The third-order valence-electron chi connectivity index (χ3n) is 3.90. The third-order valence-corrected chi connectivity index (χ3v) is 4.73. The summed E-state index contributed by atoms with van der Waals surface area (Å²) in [6.45, 7) is 2.98. The summed E-state index contributed by atoms with van der Waals surface area (Å²) in [4.78, 5) is 0. The first-order chi connectivity index (χ1) is 9.74. The first-order valence-corrected chi connectivity index (χ1v) is 8.39. The Labute approximate surface area is 129 Å². The first-order valence-electron chi connectivity index (χ1n) is 7.60. The molecule has 0 aliphatic heterocycles. The summed E-state index contributed by atoms with van der Waals surface area (Å²) in [5.41, 5.74) is 2.43. The van der Waals surface area contributed by atoms with Gasteiger partial charge < -0.3 is 5.32 Å². The van der Waals surface area contributed by atoms with Gasteiger partial charge in [-0.1, -0.05) is 43.5 Å². The number of nitrogens with one attached hydrogen (secondary N) is 1. The molecule has 1 nitrogen and oxygen atoms in total. The number of benzene rings is 1. The molecule has 1 unspecified atom stereocenters. The number of allylic oxidation sites excluding steroid dienone is 1. The molecule has 2 rings (SSSR count). The van der Waals surface area contributed by atoms with Crippen molar-refractivity contribution in [3.63, 3.8) is 0 Å². The standard InChI is InChI=1S/C17H23BrFN/c1-2-20-17(13-9-6-4-3-5-7-10-13)14-11-8-12-15(19)16(14)18/h8-9,11-12,17,20H,2-7,10H2,1H3/b13-9+. The van der Waals surface area contributed by atoms with E-state index in [1.54, 1.807) is 6.07 Å². The van der Waals surface area contributed by atoms with Crippen molar-refractivity contribution in [3.05, 3.63) is 45.7 Å². The van der Waals surface area contributed by atoms with Crippen LogP contribution in [-0.4, -0.2) is 6.54 Å². The van der Waals surface area contributed by atoms with Crippen LogP contribution in [0.5, 0.6) is 0 Å². The fourth-order valence-electron chi connectivity index (χ4n) is 2.87. The molecule has 1 aliphatic carbocycles. The summed E-state index contributed by atoms with van der Waals surface area (Å²) in [7, 11) is 0. The summed E-state index contributed by atoms with van der Waals surface area (Å²) in [6.07, 6.45) is 9.77. The molecule has 0 saturated carbocycles. The lowest BCUT2D eigenvalue weighted by molar-refractivity contribution is 0.547. The van der Waals surface area contributed by atoms with E-state index in [4.69, 9.17) is 0 Å². The van der Waals surface area contributed by atoms with Crippen molar-refractivity contribution >= 4 is 15.9 Å². The van der Waals surface area contributed by atoms with Gasteiger partial charge in [-0.05, 0) is 59.8 Å². The molecule has 20 heavy (non-hydrogen) atoms. The van der Waals surface area contributed by atoms with Crippen molar-refractivity contribution in [2.45, 2.75) is 51.5 Å². The zero-order chi connectivity index (χ0) is 14.4. The minimum absolute atomic E-state index is 0.128. The second-order valence-corrected chi connectivity index (χ2v) is 6.16. The zero-order valence-corrected chi connectivity index (χ0v) is 13.7. The summed E-state index contributed by atoms with van der Waals surface area (Å²) in [6, 6.07) is 5.44. The van der Waals surface area contributed by atoms with Crippen molar-refractivity contribution in [2.24, 2.45) is 0 Å². The Morgan fingerprint density at radius 2 is 2.05 bits per heavy atom. The fourth-order valence-corrected chi connectivity index (χ4v) is 3.36. The molecule has 0 amide bonds. The van der Waals surface area contributed by atoms with E-state index in [9.17, 15) is 4.39 Å². The maximum Gasteiger partial charge on any atom is 0.137 e. The van der Waals surface area contributed by atoms with Gasteiger partial charge in [-0.25, -0.2) is 4.39 Å². The normalized spacial score (nSPS) is 20.6. The number of likely N-dealkylation sites (N-methyl/N-ethyl adjacent to an activating group) is 1. The van der Waals surface area contributed by atoms with Crippen LogP contribution in [0.3, 0.4) is 0 Å². The van der Waals surface area contributed by atoms with Crippen molar-refractivity contribution in [3.8, 4) is 0 Å². The lowest BCUT2D eigenvalue weighted by atomic mass is 9.91. The van der Waals surface area contributed by atoms with Crippen molar-refractivity contribution in [2.75, 3.05) is 6.54 Å². The number of hydrogen-bond acceptors (Lipinski definition) is 1. The summed E-state index contributed by atoms with van der Waals surface area (Å²) < 4.78 is 14.4. The Morgan fingerprint density at radius 1 is 1.25 bits per heavy atom. The molecule has 0 bridgehead atoms. The van der Waals surface area contributed by atoms with Crippen LogP contribution in [-0.2, 0) is 0 Å². The Bertz CT molecular complexity index is 470. The van der Waals surface area contributed by atoms with Gasteiger partial charge >= 0.3 is 0 Å². The molecule has 0 saturated heterocycles. The molecular formula is C17H23BrFN. The van der Waals surface area contributed by atoms with Crippen LogP contribution in [0.15, 0.2) is 34.3 Å². The quantitative estimate of drug-likeness (QED) is 0.712. The fraction of sp³-hybridized carbons (Fsp3) is 0.529. The van der Waals surface area contributed by atoms with Crippen molar-refractivity contribution in [1.82, 2.24) is 5.32 Å². The van der Waals surface area contributed by atoms with E-state index < -0.39 is 0 Å². The Balaban J connectivity index is 2.31. The Morgan fingerprint density at radius 3 is 2.85 bits per heavy atom. The minimum Gasteiger partial charge on any atom is -0.307 e. The average molecular weight is 340 g/mol. The maximum atomic E-state index is 13.8.